The standard InChI is InChI=1S/C13H26N3O/c1-14-5-7-15(8-6-14)13(17)10-12-4-9-16(2,3)11-12/h12H,4-11H2,1-3H3/q+1. The monoisotopic (exact) mass is 240 g/mol. The van der Waals surface area contributed by atoms with Crippen molar-refractivity contribution in [1.82, 2.24) is 9.80 Å². The van der Waals surface area contributed by atoms with Crippen molar-refractivity contribution in [3.8, 4) is 0 Å². The zero-order valence-electron chi connectivity index (χ0n) is 11.5. The van der Waals surface area contributed by atoms with Gasteiger partial charge in [0, 0.05) is 44.9 Å². The molecule has 2 aliphatic rings. The molecule has 1 atom stereocenters. The largest absolute Gasteiger partial charge is 0.340 e. The van der Waals surface area contributed by atoms with Crippen LogP contribution in [-0.4, -0.2) is 80.6 Å². The van der Waals surface area contributed by atoms with E-state index in [1.807, 2.05) is 0 Å². The molecule has 0 bridgehead atoms. The fourth-order valence-corrected chi connectivity index (χ4v) is 3.01. The Kier molecular flexibility index (Phi) is 3.73. The van der Waals surface area contributed by atoms with Crippen molar-refractivity contribution in [2.45, 2.75) is 12.8 Å². The first-order chi connectivity index (χ1) is 7.96. The second-order valence-corrected chi connectivity index (χ2v) is 6.38. The van der Waals surface area contributed by atoms with Crippen LogP contribution in [0.15, 0.2) is 0 Å². The predicted molar refractivity (Wildman–Crippen MR) is 68.6 cm³/mol. The summed E-state index contributed by atoms with van der Waals surface area (Å²) in [5.74, 6) is 0.988. The maximum Gasteiger partial charge on any atom is 0.223 e. The number of quaternary nitrogens is 1. The van der Waals surface area contributed by atoms with Crippen LogP contribution in [0, 0.1) is 5.92 Å². The first kappa shape index (κ1) is 12.8. The number of hydrogen-bond donors (Lipinski definition) is 0. The first-order valence-electron chi connectivity index (χ1n) is 6.75. The maximum absolute atomic E-state index is 12.2. The molecule has 0 radical (unpaired) electrons. The van der Waals surface area contributed by atoms with Crippen LogP contribution < -0.4 is 0 Å². The average Bonchev–Trinajstić information content (AvgIpc) is 2.59. The van der Waals surface area contributed by atoms with E-state index in [0.717, 1.165) is 37.1 Å². The summed E-state index contributed by atoms with van der Waals surface area (Å²) in [5.41, 5.74) is 0. The summed E-state index contributed by atoms with van der Waals surface area (Å²) < 4.78 is 1.08. The third kappa shape index (κ3) is 3.42. The van der Waals surface area contributed by atoms with E-state index in [4.69, 9.17) is 0 Å². The number of rotatable bonds is 2. The number of likely N-dealkylation sites (N-methyl/N-ethyl adjacent to an activating group) is 1. The van der Waals surface area contributed by atoms with Gasteiger partial charge in [0.15, 0.2) is 0 Å². The summed E-state index contributed by atoms with van der Waals surface area (Å²) in [7, 11) is 6.65. The number of carbonyl (C=O) groups is 1. The lowest BCUT2D eigenvalue weighted by atomic mass is 10.0. The van der Waals surface area contributed by atoms with Gasteiger partial charge in [-0.15, -0.1) is 0 Å². The number of piperazine rings is 1. The lowest BCUT2D eigenvalue weighted by Gasteiger charge is -2.33. The smallest absolute Gasteiger partial charge is 0.223 e. The van der Waals surface area contributed by atoms with Gasteiger partial charge >= 0.3 is 0 Å². The minimum atomic E-state index is 0.380. The molecular formula is C13H26N3O+. The second-order valence-electron chi connectivity index (χ2n) is 6.38. The molecule has 0 aromatic carbocycles. The third-order valence-electron chi connectivity index (χ3n) is 4.21. The molecular weight excluding hydrogens is 214 g/mol. The Balaban J connectivity index is 1.78. The number of carbonyl (C=O) groups excluding carboxylic acids is 1. The van der Waals surface area contributed by atoms with Crippen LogP contribution in [0.1, 0.15) is 12.8 Å². The highest BCUT2D eigenvalue weighted by Crippen LogP contribution is 2.23. The molecule has 0 aromatic rings. The highest BCUT2D eigenvalue weighted by Gasteiger charge is 2.33. The molecule has 0 spiro atoms. The van der Waals surface area contributed by atoms with Crippen LogP contribution in [0.2, 0.25) is 0 Å². The Morgan fingerprint density at radius 2 is 1.88 bits per heavy atom. The van der Waals surface area contributed by atoms with Gasteiger partial charge in [-0.2, -0.15) is 0 Å². The molecule has 4 heteroatoms. The molecule has 0 saturated carbocycles. The minimum Gasteiger partial charge on any atom is -0.340 e. The van der Waals surface area contributed by atoms with Crippen molar-refractivity contribution in [3.05, 3.63) is 0 Å². The summed E-state index contributed by atoms with van der Waals surface area (Å²) in [6, 6.07) is 0. The highest BCUT2D eigenvalue weighted by atomic mass is 16.2. The fraction of sp³-hybridized carbons (Fsp3) is 0.923. The molecule has 2 fully saturated rings. The zero-order valence-corrected chi connectivity index (χ0v) is 11.5. The van der Waals surface area contributed by atoms with Gasteiger partial charge in [-0.1, -0.05) is 0 Å². The first-order valence-corrected chi connectivity index (χ1v) is 6.75. The van der Waals surface area contributed by atoms with Gasteiger partial charge in [-0.05, 0) is 7.05 Å². The molecule has 0 N–H and O–H groups in total. The van der Waals surface area contributed by atoms with E-state index in [1.54, 1.807) is 0 Å². The van der Waals surface area contributed by atoms with Crippen LogP contribution in [0.25, 0.3) is 0 Å². The van der Waals surface area contributed by atoms with Gasteiger partial charge in [0.25, 0.3) is 0 Å². The predicted octanol–water partition coefficient (Wildman–Crippen LogP) is 0.247. The topological polar surface area (TPSA) is 23.6 Å². The Morgan fingerprint density at radius 1 is 1.24 bits per heavy atom. The lowest BCUT2D eigenvalue weighted by Crippen LogP contribution is -2.47. The van der Waals surface area contributed by atoms with Gasteiger partial charge in [0.2, 0.25) is 5.91 Å². The van der Waals surface area contributed by atoms with Crippen molar-refractivity contribution in [2.24, 2.45) is 5.92 Å². The molecule has 17 heavy (non-hydrogen) atoms. The zero-order chi connectivity index (χ0) is 12.5. The normalized spacial score (nSPS) is 29.6. The number of amides is 1. The van der Waals surface area contributed by atoms with Gasteiger partial charge in [0.05, 0.1) is 27.2 Å². The summed E-state index contributed by atoms with van der Waals surface area (Å²) in [4.78, 5) is 16.5. The summed E-state index contributed by atoms with van der Waals surface area (Å²) >= 11 is 0. The Morgan fingerprint density at radius 3 is 2.41 bits per heavy atom. The van der Waals surface area contributed by atoms with E-state index >= 15 is 0 Å². The Bertz CT molecular complexity index is 282. The molecule has 0 aromatic heterocycles. The van der Waals surface area contributed by atoms with E-state index < -0.39 is 0 Å². The Labute approximate surface area is 105 Å². The van der Waals surface area contributed by atoms with Crippen molar-refractivity contribution in [1.29, 1.82) is 0 Å². The van der Waals surface area contributed by atoms with Crippen LogP contribution in [0.5, 0.6) is 0 Å². The van der Waals surface area contributed by atoms with E-state index in [2.05, 4.69) is 30.9 Å². The molecule has 1 unspecified atom stereocenters. The van der Waals surface area contributed by atoms with Crippen molar-refractivity contribution in [3.63, 3.8) is 0 Å². The van der Waals surface area contributed by atoms with Crippen molar-refractivity contribution < 1.29 is 9.28 Å². The van der Waals surface area contributed by atoms with Crippen LogP contribution in [0.4, 0.5) is 0 Å². The maximum atomic E-state index is 12.2. The molecule has 0 aliphatic carbocycles. The third-order valence-corrected chi connectivity index (χ3v) is 4.21. The SMILES string of the molecule is CN1CCN(C(=O)CC2CC[N+](C)(C)C2)CC1. The van der Waals surface area contributed by atoms with Crippen LogP contribution >= 0.6 is 0 Å². The Hall–Kier alpha value is -0.610. The van der Waals surface area contributed by atoms with Gasteiger partial charge < -0.3 is 14.3 Å². The van der Waals surface area contributed by atoms with Gasteiger partial charge in [-0.25, -0.2) is 0 Å². The number of likely N-dealkylation sites (tertiary alicyclic amines) is 1. The summed E-state index contributed by atoms with van der Waals surface area (Å²) in [5, 5.41) is 0. The quantitative estimate of drug-likeness (QED) is 0.646. The molecule has 2 rings (SSSR count). The van der Waals surface area contributed by atoms with Gasteiger partial charge in [-0.3, -0.25) is 4.79 Å². The lowest BCUT2D eigenvalue weighted by molar-refractivity contribution is -0.879. The molecule has 98 valence electrons. The van der Waals surface area contributed by atoms with Crippen molar-refractivity contribution >= 4 is 5.91 Å². The van der Waals surface area contributed by atoms with Gasteiger partial charge in [0.1, 0.15) is 0 Å². The molecule has 2 saturated heterocycles. The number of hydrogen-bond acceptors (Lipinski definition) is 2. The average molecular weight is 240 g/mol. The van der Waals surface area contributed by atoms with Crippen LogP contribution in [0.3, 0.4) is 0 Å². The van der Waals surface area contributed by atoms with Crippen molar-refractivity contribution in [2.75, 3.05) is 60.4 Å². The van der Waals surface area contributed by atoms with E-state index in [1.165, 1.54) is 19.5 Å². The highest BCUT2D eigenvalue weighted by molar-refractivity contribution is 5.76. The molecule has 2 aliphatic heterocycles. The molecule has 2 heterocycles. The summed E-state index contributed by atoms with van der Waals surface area (Å²) in [6.45, 7) is 6.27. The minimum absolute atomic E-state index is 0.380. The second kappa shape index (κ2) is 4.94. The van der Waals surface area contributed by atoms with E-state index in [9.17, 15) is 4.79 Å². The van der Waals surface area contributed by atoms with E-state index in [0.29, 0.717) is 11.8 Å². The molecule has 1 amide bonds. The fourth-order valence-electron chi connectivity index (χ4n) is 3.01. The van der Waals surface area contributed by atoms with Crippen LogP contribution in [-0.2, 0) is 4.79 Å². The summed E-state index contributed by atoms with van der Waals surface area (Å²) in [6.07, 6.45) is 1.98. The number of nitrogens with zero attached hydrogens (tertiary/aromatic N) is 3. The van der Waals surface area contributed by atoms with E-state index in [-0.39, 0.29) is 0 Å². The molecule has 4 nitrogen and oxygen atoms in total.